The molecule has 2 aromatic carbocycles. The van der Waals surface area contributed by atoms with Gasteiger partial charge in [-0.15, -0.1) is 0 Å². The fraction of sp³-hybridized carbons (Fsp3) is 0.333. The van der Waals surface area contributed by atoms with Gasteiger partial charge in [-0.2, -0.15) is 5.10 Å². The second-order valence-corrected chi connectivity index (χ2v) is 7.91. The quantitative estimate of drug-likeness (QED) is 0.484. The van der Waals surface area contributed by atoms with Gasteiger partial charge in [-0.05, 0) is 42.8 Å². The third-order valence-electron chi connectivity index (χ3n) is 5.49. The normalized spacial score (nSPS) is 14.1. The molecule has 0 unspecified atom stereocenters. The van der Waals surface area contributed by atoms with Crippen molar-refractivity contribution in [2.24, 2.45) is 7.05 Å². The van der Waals surface area contributed by atoms with Crippen molar-refractivity contribution in [1.82, 2.24) is 14.7 Å². The largest absolute Gasteiger partial charge is 0.493 e. The van der Waals surface area contributed by atoms with E-state index in [1.807, 2.05) is 13.1 Å². The lowest BCUT2D eigenvalue weighted by Gasteiger charge is -2.26. The van der Waals surface area contributed by atoms with Crippen LogP contribution in [0.25, 0.3) is 11.3 Å². The molecule has 8 nitrogen and oxygen atoms in total. The first-order chi connectivity index (χ1) is 16.5. The number of benzene rings is 2. The van der Waals surface area contributed by atoms with Crippen molar-refractivity contribution in [2.45, 2.75) is 6.42 Å². The molecule has 2 heterocycles. The van der Waals surface area contributed by atoms with Crippen LogP contribution in [0.2, 0.25) is 0 Å². The molecule has 2 amide bonds. The Balaban J connectivity index is 1.43. The molecule has 0 radical (unpaired) electrons. The van der Waals surface area contributed by atoms with Gasteiger partial charge in [0, 0.05) is 50.2 Å². The van der Waals surface area contributed by atoms with Crippen molar-refractivity contribution in [3.8, 4) is 17.0 Å². The fourth-order valence-electron chi connectivity index (χ4n) is 3.74. The highest BCUT2D eigenvalue weighted by Gasteiger charge is 2.15. The molecule has 0 spiro atoms. The van der Waals surface area contributed by atoms with Crippen LogP contribution in [0.4, 0.5) is 25.0 Å². The minimum Gasteiger partial charge on any atom is -0.493 e. The number of hydrogen-bond donors (Lipinski definition) is 2. The molecule has 0 aliphatic carbocycles. The monoisotopic (exact) mass is 471 g/mol. The van der Waals surface area contributed by atoms with Gasteiger partial charge < -0.3 is 20.1 Å². The zero-order valence-corrected chi connectivity index (χ0v) is 18.9. The Hall–Kier alpha value is -3.50. The van der Waals surface area contributed by atoms with Crippen LogP contribution in [0.3, 0.4) is 0 Å². The number of aryl methyl sites for hydroxylation is 1. The summed E-state index contributed by atoms with van der Waals surface area (Å²) >= 11 is 0. The molecule has 34 heavy (non-hydrogen) atoms. The highest BCUT2D eigenvalue weighted by Crippen LogP contribution is 2.32. The zero-order chi connectivity index (χ0) is 23.9. The Kier molecular flexibility index (Phi) is 7.71. The predicted molar refractivity (Wildman–Crippen MR) is 125 cm³/mol. The van der Waals surface area contributed by atoms with Gasteiger partial charge in [-0.1, -0.05) is 0 Å². The summed E-state index contributed by atoms with van der Waals surface area (Å²) < 4.78 is 40.1. The van der Waals surface area contributed by atoms with Crippen molar-refractivity contribution in [2.75, 3.05) is 50.1 Å². The van der Waals surface area contributed by atoms with E-state index in [4.69, 9.17) is 9.47 Å². The number of hydrogen-bond acceptors (Lipinski definition) is 5. The van der Waals surface area contributed by atoms with Crippen LogP contribution in [0.1, 0.15) is 6.42 Å². The standard InChI is InChI=1S/C24H27F2N5O3/c1-30-22(7-8-27-30)19-16-18(28-24(32)29-21-5-3-17(25)15-20(21)26)4-6-23(19)34-12-2-9-31-10-13-33-14-11-31/h3-8,15-16H,2,9-14H2,1H3,(H2,28,29,32). The average molecular weight is 472 g/mol. The Morgan fingerprint density at radius 2 is 1.94 bits per heavy atom. The maximum atomic E-state index is 13.8. The van der Waals surface area contributed by atoms with Crippen LogP contribution in [0, 0.1) is 11.6 Å². The summed E-state index contributed by atoms with van der Waals surface area (Å²) in [6.07, 6.45) is 2.55. The van der Waals surface area contributed by atoms with Crippen LogP contribution in [0.5, 0.6) is 5.75 Å². The molecule has 10 heteroatoms. The fourth-order valence-corrected chi connectivity index (χ4v) is 3.74. The minimum absolute atomic E-state index is 0.119. The highest BCUT2D eigenvalue weighted by molar-refractivity contribution is 6.00. The van der Waals surface area contributed by atoms with E-state index in [1.54, 1.807) is 29.1 Å². The molecule has 0 saturated carbocycles. The Morgan fingerprint density at radius 1 is 1.12 bits per heavy atom. The van der Waals surface area contributed by atoms with E-state index in [-0.39, 0.29) is 5.69 Å². The summed E-state index contributed by atoms with van der Waals surface area (Å²) in [5, 5.41) is 9.29. The maximum Gasteiger partial charge on any atom is 0.323 e. The van der Waals surface area contributed by atoms with E-state index in [0.717, 1.165) is 56.6 Å². The zero-order valence-electron chi connectivity index (χ0n) is 18.9. The number of anilines is 2. The molecule has 1 fully saturated rings. The lowest BCUT2D eigenvalue weighted by molar-refractivity contribution is 0.0358. The molecule has 1 aromatic heterocycles. The number of urea groups is 1. The van der Waals surface area contributed by atoms with Gasteiger partial charge in [-0.3, -0.25) is 9.58 Å². The molecular formula is C24H27F2N5O3. The van der Waals surface area contributed by atoms with Crippen LogP contribution in [0.15, 0.2) is 48.7 Å². The molecule has 3 aromatic rings. The lowest BCUT2D eigenvalue weighted by atomic mass is 10.1. The van der Waals surface area contributed by atoms with Gasteiger partial charge in [0.15, 0.2) is 0 Å². The van der Waals surface area contributed by atoms with Crippen LogP contribution in [-0.4, -0.2) is 60.2 Å². The molecule has 2 N–H and O–H groups in total. The number of aromatic nitrogens is 2. The summed E-state index contributed by atoms with van der Waals surface area (Å²) in [5.74, 6) is -0.905. The SMILES string of the molecule is Cn1nccc1-c1cc(NC(=O)Nc2ccc(F)cc2F)ccc1OCCCN1CCOCC1. The molecule has 1 aliphatic rings. The molecular weight excluding hydrogens is 444 g/mol. The van der Waals surface area contributed by atoms with Crippen molar-refractivity contribution in [1.29, 1.82) is 0 Å². The number of halogens is 2. The van der Waals surface area contributed by atoms with E-state index in [2.05, 4.69) is 20.6 Å². The van der Waals surface area contributed by atoms with Crippen molar-refractivity contribution in [3.05, 3.63) is 60.3 Å². The van der Waals surface area contributed by atoms with Crippen molar-refractivity contribution < 1.29 is 23.0 Å². The van der Waals surface area contributed by atoms with Crippen LogP contribution in [-0.2, 0) is 11.8 Å². The summed E-state index contributed by atoms with van der Waals surface area (Å²) in [6.45, 7) is 4.88. The summed E-state index contributed by atoms with van der Waals surface area (Å²) in [5.41, 5.74) is 1.94. The molecule has 0 bridgehead atoms. The van der Waals surface area contributed by atoms with Gasteiger partial charge in [0.1, 0.15) is 17.4 Å². The van der Waals surface area contributed by atoms with E-state index >= 15 is 0 Å². The molecule has 180 valence electrons. The lowest BCUT2D eigenvalue weighted by Crippen LogP contribution is -2.37. The molecule has 1 aliphatic heterocycles. The number of carbonyl (C=O) groups is 1. The predicted octanol–water partition coefficient (Wildman–Crippen LogP) is 4.11. The number of nitrogens with zero attached hydrogens (tertiary/aromatic N) is 3. The highest BCUT2D eigenvalue weighted by atomic mass is 19.1. The summed E-state index contributed by atoms with van der Waals surface area (Å²) in [7, 11) is 1.82. The average Bonchev–Trinajstić information content (AvgIpc) is 3.25. The van der Waals surface area contributed by atoms with Gasteiger partial charge in [0.05, 0.1) is 31.2 Å². The molecule has 4 rings (SSSR count). The first-order valence-electron chi connectivity index (χ1n) is 11.1. The van der Waals surface area contributed by atoms with Gasteiger partial charge in [0.2, 0.25) is 0 Å². The Morgan fingerprint density at radius 3 is 2.68 bits per heavy atom. The first kappa shape index (κ1) is 23.7. The van der Waals surface area contributed by atoms with E-state index < -0.39 is 17.7 Å². The van der Waals surface area contributed by atoms with Gasteiger partial charge in [-0.25, -0.2) is 13.6 Å². The third kappa shape index (κ3) is 6.09. The molecule has 1 saturated heterocycles. The number of ether oxygens (including phenoxy) is 2. The second kappa shape index (κ2) is 11.1. The van der Waals surface area contributed by atoms with Gasteiger partial charge in [0.25, 0.3) is 0 Å². The summed E-state index contributed by atoms with van der Waals surface area (Å²) in [6, 6.07) is 9.41. The van der Waals surface area contributed by atoms with Gasteiger partial charge >= 0.3 is 6.03 Å². The number of carbonyl (C=O) groups excluding carboxylic acids is 1. The van der Waals surface area contributed by atoms with Crippen molar-refractivity contribution >= 4 is 17.4 Å². The van der Waals surface area contributed by atoms with Crippen LogP contribution >= 0.6 is 0 Å². The van der Waals surface area contributed by atoms with E-state index in [1.165, 1.54) is 6.07 Å². The number of rotatable bonds is 8. The van der Waals surface area contributed by atoms with E-state index in [9.17, 15) is 13.6 Å². The number of amides is 2. The van der Waals surface area contributed by atoms with E-state index in [0.29, 0.717) is 24.1 Å². The van der Waals surface area contributed by atoms with Crippen LogP contribution < -0.4 is 15.4 Å². The Bertz CT molecular complexity index is 1130. The topological polar surface area (TPSA) is 80.7 Å². The molecule has 0 atom stereocenters. The summed E-state index contributed by atoms with van der Waals surface area (Å²) in [4.78, 5) is 14.7. The second-order valence-electron chi connectivity index (χ2n) is 7.91. The first-order valence-corrected chi connectivity index (χ1v) is 11.1. The number of nitrogens with one attached hydrogen (secondary N) is 2. The third-order valence-corrected chi connectivity index (χ3v) is 5.49. The van der Waals surface area contributed by atoms with Crippen molar-refractivity contribution in [3.63, 3.8) is 0 Å². The minimum atomic E-state index is -0.855. The maximum absolute atomic E-state index is 13.8. The Labute approximate surface area is 196 Å². The number of morpholine rings is 1. The smallest absolute Gasteiger partial charge is 0.323 e.